The van der Waals surface area contributed by atoms with Crippen LogP contribution in [0.25, 0.3) is 0 Å². The maximum atomic E-state index is 13.5. The third kappa shape index (κ3) is 2.45. The van der Waals surface area contributed by atoms with Gasteiger partial charge in [-0.3, -0.25) is 4.79 Å². The molecule has 1 heterocycles. The molecule has 144 valence electrons. The lowest BCUT2D eigenvalue weighted by atomic mass is 9.54. The smallest absolute Gasteiger partial charge is 0.277 e. The summed E-state index contributed by atoms with van der Waals surface area (Å²) in [7, 11) is 0. The van der Waals surface area contributed by atoms with Crippen molar-refractivity contribution < 1.29 is 9.90 Å². The molecule has 4 aliphatic carbocycles. The Labute approximate surface area is 161 Å². The summed E-state index contributed by atoms with van der Waals surface area (Å²) in [5.74, 6) is 3.44. The van der Waals surface area contributed by atoms with Crippen LogP contribution in [0.3, 0.4) is 0 Å². The quantitative estimate of drug-likeness (QED) is 0.820. The zero-order valence-corrected chi connectivity index (χ0v) is 16.6. The van der Waals surface area contributed by atoms with Crippen LogP contribution < -0.4 is 0 Å². The summed E-state index contributed by atoms with van der Waals surface area (Å²) in [5.41, 5.74) is 2.50. The Kier molecular flexibility index (Phi) is 3.82. The Balaban J connectivity index is 1.59. The maximum absolute atomic E-state index is 13.5. The van der Waals surface area contributed by atoms with Gasteiger partial charge < -0.3 is 5.11 Å². The molecule has 2 aromatic rings. The minimum Gasteiger partial charge on any atom is -0.492 e. The third-order valence-electron chi connectivity index (χ3n) is 7.46. The highest BCUT2D eigenvalue weighted by Crippen LogP contribution is 2.59. The fraction of sp³-hybridized carbons (Fsp3) is 0.609. The summed E-state index contributed by atoms with van der Waals surface area (Å²) in [6.45, 7) is 6.09. The second-order valence-corrected chi connectivity index (χ2v) is 9.56. The first-order valence-corrected chi connectivity index (χ1v) is 10.6. The first kappa shape index (κ1) is 17.2. The number of aromatic hydroxyl groups is 1. The molecule has 0 unspecified atom stereocenters. The molecule has 4 nitrogen and oxygen atoms in total. The predicted octanol–water partition coefficient (Wildman–Crippen LogP) is 5.11. The summed E-state index contributed by atoms with van der Waals surface area (Å²) in [4.78, 5) is 13.5. The molecule has 1 aromatic heterocycles. The Morgan fingerprint density at radius 3 is 2.19 bits per heavy atom. The van der Waals surface area contributed by atoms with E-state index in [1.54, 1.807) is 0 Å². The molecule has 0 amide bonds. The van der Waals surface area contributed by atoms with Crippen molar-refractivity contribution in [1.29, 1.82) is 0 Å². The Hall–Kier alpha value is -1.97. The molecule has 27 heavy (non-hydrogen) atoms. The zero-order chi connectivity index (χ0) is 18.9. The van der Waals surface area contributed by atoms with Gasteiger partial charge in [-0.1, -0.05) is 32.0 Å². The average Bonchev–Trinajstić information content (AvgIpc) is 2.61. The standard InChI is InChI=1S/C23H30N2O2/c1-13(2)20-23(27)25(24(20)22(26)19-7-5-4-6-14(19)3)21-17-9-15-8-16(11-17)12-18(21)10-15/h4-7,13,15-18,21,27H,8-12H2,1-3H3. The fourth-order valence-corrected chi connectivity index (χ4v) is 6.59. The van der Waals surface area contributed by atoms with Crippen LogP contribution in [0.2, 0.25) is 0 Å². The van der Waals surface area contributed by atoms with Gasteiger partial charge in [-0.15, -0.1) is 0 Å². The van der Waals surface area contributed by atoms with Crippen molar-refractivity contribution in [2.75, 3.05) is 0 Å². The molecule has 6 rings (SSSR count). The Morgan fingerprint density at radius 1 is 1.04 bits per heavy atom. The number of carbonyl (C=O) groups is 1. The van der Waals surface area contributed by atoms with Crippen molar-refractivity contribution in [2.24, 2.45) is 23.7 Å². The number of nitrogens with zero attached hydrogens (tertiary/aromatic N) is 2. The lowest BCUT2D eigenvalue weighted by molar-refractivity contribution is -0.0445. The van der Waals surface area contributed by atoms with Gasteiger partial charge in [-0.05, 0) is 74.3 Å². The lowest BCUT2D eigenvalue weighted by Crippen LogP contribution is -2.50. The highest BCUT2D eigenvalue weighted by atomic mass is 16.3. The van der Waals surface area contributed by atoms with Crippen LogP contribution in [0.15, 0.2) is 24.3 Å². The highest BCUT2D eigenvalue weighted by molar-refractivity contribution is 5.98. The van der Waals surface area contributed by atoms with E-state index in [2.05, 4.69) is 13.8 Å². The minimum atomic E-state index is 0.00315. The van der Waals surface area contributed by atoms with E-state index in [-0.39, 0.29) is 17.9 Å². The molecule has 4 fully saturated rings. The minimum absolute atomic E-state index is 0.00315. The number of aryl methyl sites for hydroxylation is 1. The van der Waals surface area contributed by atoms with Crippen molar-refractivity contribution in [1.82, 2.24) is 9.36 Å². The van der Waals surface area contributed by atoms with Crippen molar-refractivity contribution in [3.05, 3.63) is 41.1 Å². The SMILES string of the molecule is Cc1ccccc1C(=O)n1c(C(C)C)c(O)n1C1C2CC3CC(C2)CC1C3. The van der Waals surface area contributed by atoms with Crippen LogP contribution in [-0.2, 0) is 0 Å². The highest BCUT2D eigenvalue weighted by Gasteiger charge is 2.51. The number of hydrogen-bond acceptors (Lipinski definition) is 2. The number of rotatable bonds is 3. The van der Waals surface area contributed by atoms with Crippen molar-refractivity contribution in [3.8, 4) is 5.88 Å². The van der Waals surface area contributed by atoms with Crippen molar-refractivity contribution in [3.63, 3.8) is 0 Å². The van der Waals surface area contributed by atoms with Gasteiger partial charge in [0.2, 0.25) is 5.88 Å². The first-order chi connectivity index (χ1) is 13.0. The number of hydrogen-bond donors (Lipinski definition) is 1. The molecule has 4 saturated carbocycles. The monoisotopic (exact) mass is 366 g/mol. The fourth-order valence-electron chi connectivity index (χ4n) is 6.59. The second-order valence-electron chi connectivity index (χ2n) is 9.56. The van der Waals surface area contributed by atoms with E-state index in [1.807, 2.05) is 40.6 Å². The van der Waals surface area contributed by atoms with E-state index in [0.29, 0.717) is 17.7 Å². The average molecular weight is 367 g/mol. The second kappa shape index (κ2) is 6.02. The zero-order valence-electron chi connectivity index (χ0n) is 16.6. The number of aromatic nitrogens is 2. The molecule has 0 radical (unpaired) electrons. The summed E-state index contributed by atoms with van der Waals surface area (Å²) in [6.07, 6.45) is 6.48. The van der Waals surface area contributed by atoms with Gasteiger partial charge in [0, 0.05) is 11.5 Å². The summed E-state index contributed by atoms with van der Waals surface area (Å²) < 4.78 is 3.80. The van der Waals surface area contributed by atoms with Crippen LogP contribution >= 0.6 is 0 Å². The predicted molar refractivity (Wildman–Crippen MR) is 105 cm³/mol. The van der Waals surface area contributed by atoms with Crippen LogP contribution in [0.1, 0.15) is 79.5 Å². The molecule has 0 saturated heterocycles. The van der Waals surface area contributed by atoms with Crippen LogP contribution in [0.4, 0.5) is 0 Å². The topological polar surface area (TPSA) is 47.2 Å². The molecular formula is C23H30N2O2. The molecule has 4 heteroatoms. The number of carbonyl (C=O) groups excluding carboxylic acids is 1. The Morgan fingerprint density at radius 2 is 1.63 bits per heavy atom. The van der Waals surface area contributed by atoms with Gasteiger partial charge in [0.25, 0.3) is 5.91 Å². The van der Waals surface area contributed by atoms with Crippen LogP contribution in [0, 0.1) is 30.6 Å². The molecule has 0 atom stereocenters. The molecule has 0 spiro atoms. The van der Waals surface area contributed by atoms with E-state index in [9.17, 15) is 9.90 Å². The van der Waals surface area contributed by atoms with Crippen molar-refractivity contribution >= 4 is 5.91 Å². The van der Waals surface area contributed by atoms with Crippen LogP contribution in [-0.4, -0.2) is 20.4 Å². The van der Waals surface area contributed by atoms with E-state index in [4.69, 9.17) is 0 Å². The summed E-state index contributed by atoms with van der Waals surface area (Å²) >= 11 is 0. The van der Waals surface area contributed by atoms with Gasteiger partial charge in [0.05, 0.1) is 6.04 Å². The molecule has 4 aliphatic rings. The van der Waals surface area contributed by atoms with Gasteiger partial charge in [0.15, 0.2) is 0 Å². The molecule has 1 N–H and O–H groups in total. The van der Waals surface area contributed by atoms with Gasteiger partial charge >= 0.3 is 0 Å². The molecule has 0 aliphatic heterocycles. The summed E-state index contributed by atoms with van der Waals surface area (Å²) in [6, 6.07) is 8.06. The Bertz CT molecular complexity index is 860. The van der Waals surface area contributed by atoms with E-state index < -0.39 is 0 Å². The third-order valence-corrected chi connectivity index (χ3v) is 7.46. The molecule has 1 aromatic carbocycles. The molecule has 4 bridgehead atoms. The molecular weight excluding hydrogens is 336 g/mol. The van der Waals surface area contributed by atoms with Crippen molar-refractivity contribution in [2.45, 2.75) is 64.8 Å². The normalized spacial score (nSPS) is 31.8. The first-order valence-electron chi connectivity index (χ1n) is 10.6. The largest absolute Gasteiger partial charge is 0.492 e. The lowest BCUT2D eigenvalue weighted by Gasteiger charge is -2.56. The van der Waals surface area contributed by atoms with E-state index >= 15 is 0 Å². The summed E-state index contributed by atoms with van der Waals surface area (Å²) in [5, 5.41) is 11.0. The van der Waals surface area contributed by atoms with E-state index in [1.165, 1.54) is 32.1 Å². The van der Waals surface area contributed by atoms with E-state index in [0.717, 1.165) is 28.7 Å². The van der Waals surface area contributed by atoms with Crippen LogP contribution in [0.5, 0.6) is 5.88 Å². The van der Waals surface area contributed by atoms with Gasteiger partial charge in [0.1, 0.15) is 5.69 Å². The number of benzene rings is 1. The van der Waals surface area contributed by atoms with Gasteiger partial charge in [-0.2, -0.15) is 0 Å². The van der Waals surface area contributed by atoms with Gasteiger partial charge in [-0.25, -0.2) is 9.36 Å². The maximum Gasteiger partial charge on any atom is 0.277 e.